The maximum Gasteiger partial charge on any atom is 0.280 e. The molecule has 1 unspecified atom stereocenters. The number of piperidine rings is 1. The van der Waals surface area contributed by atoms with Gasteiger partial charge in [-0.25, -0.2) is 13.3 Å². The number of rotatable bonds is 6. The third kappa shape index (κ3) is 4.56. The first-order chi connectivity index (χ1) is 16.7. The zero-order valence-electron chi connectivity index (χ0n) is 19.8. The maximum atomic E-state index is 14.5. The van der Waals surface area contributed by atoms with Gasteiger partial charge in [0.15, 0.2) is 5.82 Å². The number of halogens is 3. The predicted octanol–water partition coefficient (Wildman–Crippen LogP) is 4.45. The third-order valence-corrected chi connectivity index (χ3v) is 6.74. The summed E-state index contributed by atoms with van der Waals surface area (Å²) < 4.78 is 43.4. The number of nitrogens with two attached hydrogens (primary N) is 1. The molecule has 8 nitrogen and oxygen atoms in total. The minimum atomic E-state index is -2.91. The van der Waals surface area contributed by atoms with E-state index in [-0.39, 0.29) is 37.3 Å². The van der Waals surface area contributed by atoms with Crippen LogP contribution in [0.2, 0.25) is 0 Å². The van der Waals surface area contributed by atoms with Crippen LogP contribution in [0.25, 0.3) is 16.8 Å². The molecule has 0 aliphatic carbocycles. The Morgan fingerprint density at radius 3 is 2.83 bits per heavy atom. The molecule has 2 atom stereocenters. The molecular formula is C24H29F3N8. The van der Waals surface area contributed by atoms with Gasteiger partial charge in [-0.2, -0.15) is 4.98 Å². The summed E-state index contributed by atoms with van der Waals surface area (Å²) in [5.41, 5.74) is 10.9. The van der Waals surface area contributed by atoms with E-state index >= 15 is 0 Å². The Labute approximate surface area is 201 Å². The van der Waals surface area contributed by atoms with Gasteiger partial charge < -0.3 is 16.0 Å². The molecule has 5 heterocycles. The maximum absolute atomic E-state index is 14.5. The highest BCUT2D eigenvalue weighted by Gasteiger charge is 2.44. The molecule has 35 heavy (non-hydrogen) atoms. The Bertz CT molecular complexity index is 1270. The lowest BCUT2D eigenvalue weighted by Crippen LogP contribution is -2.53. The summed E-state index contributed by atoms with van der Waals surface area (Å²) in [6.45, 7) is 1.85. The van der Waals surface area contributed by atoms with Gasteiger partial charge in [-0.1, -0.05) is 0 Å². The van der Waals surface area contributed by atoms with Crippen molar-refractivity contribution < 1.29 is 13.2 Å². The number of pyridine rings is 1. The smallest absolute Gasteiger partial charge is 0.280 e. The van der Waals surface area contributed by atoms with Crippen LogP contribution in [0.5, 0.6) is 0 Å². The first kappa shape index (κ1) is 23.5. The average molecular weight is 487 g/mol. The zero-order valence-corrected chi connectivity index (χ0v) is 19.8. The van der Waals surface area contributed by atoms with E-state index in [9.17, 15) is 13.2 Å². The standard InChI is InChI=1S/C24H29F3N8/c1-14-12-15(4-3-9-25)20-18(29-14)6-5-17(30-20)16-7-11-35-21(16)22(28)32-23(33-35)31-19-8-10-34(2)13-24(19,26)27/h5-7,11,15,19H,3-4,8-10,12-13H2,1-2H3,(H3,28,31,32,33)/t15?,19-/m1/s1. The number of nitrogens with zero attached hydrogens (tertiary/aromatic N) is 6. The van der Waals surface area contributed by atoms with E-state index in [2.05, 4.69) is 20.4 Å². The Morgan fingerprint density at radius 2 is 2.06 bits per heavy atom. The fourth-order valence-electron chi connectivity index (χ4n) is 5.04. The lowest BCUT2D eigenvalue weighted by atomic mass is 9.90. The number of alkyl halides is 3. The van der Waals surface area contributed by atoms with E-state index in [1.807, 2.05) is 25.1 Å². The normalized spacial score (nSPS) is 22.1. The highest BCUT2D eigenvalue weighted by molar-refractivity contribution is 5.89. The van der Waals surface area contributed by atoms with Gasteiger partial charge in [0.25, 0.3) is 5.92 Å². The van der Waals surface area contributed by atoms with Gasteiger partial charge in [-0.3, -0.25) is 14.4 Å². The van der Waals surface area contributed by atoms with Gasteiger partial charge in [0, 0.05) is 29.9 Å². The van der Waals surface area contributed by atoms with Crippen LogP contribution < -0.4 is 11.1 Å². The van der Waals surface area contributed by atoms with Crippen LogP contribution in [-0.2, 0) is 0 Å². The number of nitrogen functional groups attached to an aromatic ring is 1. The summed E-state index contributed by atoms with van der Waals surface area (Å²) in [5, 5.41) is 7.17. The topological polar surface area (TPSA) is 96.7 Å². The molecule has 0 amide bonds. The number of likely N-dealkylation sites (tertiary alicyclic amines) is 1. The lowest BCUT2D eigenvalue weighted by Gasteiger charge is -2.36. The molecule has 3 N–H and O–H groups in total. The highest BCUT2D eigenvalue weighted by Crippen LogP contribution is 2.38. The Morgan fingerprint density at radius 1 is 1.23 bits per heavy atom. The van der Waals surface area contributed by atoms with Crippen molar-refractivity contribution in [3.05, 3.63) is 30.1 Å². The fourth-order valence-corrected chi connectivity index (χ4v) is 5.04. The molecule has 1 saturated heterocycles. The molecule has 0 bridgehead atoms. The van der Waals surface area contributed by atoms with Gasteiger partial charge in [0.2, 0.25) is 5.95 Å². The van der Waals surface area contributed by atoms with Gasteiger partial charge in [0.05, 0.1) is 36.3 Å². The number of hydrogen-bond donors (Lipinski definition) is 2. The minimum Gasteiger partial charge on any atom is -0.382 e. The van der Waals surface area contributed by atoms with Crippen LogP contribution in [0.3, 0.4) is 0 Å². The summed E-state index contributed by atoms with van der Waals surface area (Å²) in [6, 6.07) is 4.55. The van der Waals surface area contributed by atoms with E-state index < -0.39 is 12.0 Å². The number of aromatic nitrogens is 4. The second-order valence-corrected chi connectivity index (χ2v) is 9.51. The molecule has 0 spiro atoms. The highest BCUT2D eigenvalue weighted by atomic mass is 19.3. The molecule has 11 heteroatoms. The Hall–Kier alpha value is -3.21. The van der Waals surface area contributed by atoms with E-state index in [1.54, 1.807) is 18.1 Å². The van der Waals surface area contributed by atoms with Crippen molar-refractivity contribution in [3.8, 4) is 11.3 Å². The summed E-state index contributed by atoms with van der Waals surface area (Å²) in [6.07, 6.45) is 3.91. The number of aliphatic imine (C=N–C) groups is 1. The average Bonchev–Trinajstić information content (AvgIpc) is 3.23. The van der Waals surface area contributed by atoms with Crippen LogP contribution in [-0.4, -0.2) is 69.0 Å². The monoisotopic (exact) mass is 486 g/mol. The quantitative estimate of drug-likeness (QED) is 0.534. The minimum absolute atomic E-state index is 0.0564. The van der Waals surface area contributed by atoms with Gasteiger partial charge in [-0.05, 0) is 57.9 Å². The van der Waals surface area contributed by atoms with Crippen LogP contribution in [0.1, 0.15) is 44.2 Å². The predicted molar refractivity (Wildman–Crippen MR) is 130 cm³/mol. The molecule has 2 aliphatic rings. The number of anilines is 2. The van der Waals surface area contributed by atoms with Crippen molar-refractivity contribution in [2.45, 2.75) is 50.5 Å². The molecule has 1 fully saturated rings. The molecule has 0 aromatic carbocycles. The number of nitrogens with one attached hydrogen (secondary N) is 1. The molecule has 2 aliphatic heterocycles. The zero-order chi connectivity index (χ0) is 24.7. The molecular weight excluding hydrogens is 457 g/mol. The third-order valence-electron chi connectivity index (χ3n) is 6.74. The molecule has 5 rings (SSSR count). The largest absolute Gasteiger partial charge is 0.382 e. The van der Waals surface area contributed by atoms with Gasteiger partial charge in [0.1, 0.15) is 5.52 Å². The van der Waals surface area contributed by atoms with Crippen molar-refractivity contribution in [1.29, 1.82) is 0 Å². The van der Waals surface area contributed by atoms with Gasteiger partial charge >= 0.3 is 0 Å². The van der Waals surface area contributed by atoms with E-state index in [1.165, 1.54) is 4.52 Å². The fraction of sp³-hybridized carbons (Fsp3) is 0.500. The van der Waals surface area contributed by atoms with Crippen LogP contribution in [0.15, 0.2) is 29.4 Å². The Kier molecular flexibility index (Phi) is 6.12. The van der Waals surface area contributed by atoms with Crippen molar-refractivity contribution in [3.63, 3.8) is 0 Å². The van der Waals surface area contributed by atoms with Gasteiger partial charge in [-0.15, -0.1) is 5.10 Å². The summed E-state index contributed by atoms with van der Waals surface area (Å²) in [5.74, 6) is -2.58. The first-order valence-electron chi connectivity index (χ1n) is 11.8. The second kappa shape index (κ2) is 9.10. The summed E-state index contributed by atoms with van der Waals surface area (Å²) in [7, 11) is 1.68. The molecule has 3 aromatic rings. The second-order valence-electron chi connectivity index (χ2n) is 9.51. The van der Waals surface area contributed by atoms with E-state index in [0.29, 0.717) is 30.6 Å². The van der Waals surface area contributed by atoms with Crippen LogP contribution in [0, 0.1) is 0 Å². The van der Waals surface area contributed by atoms with Crippen molar-refractivity contribution in [2.24, 2.45) is 4.99 Å². The van der Waals surface area contributed by atoms with E-state index in [4.69, 9.17) is 10.7 Å². The van der Waals surface area contributed by atoms with Crippen LogP contribution in [0.4, 0.5) is 30.6 Å². The molecule has 3 aromatic heterocycles. The molecule has 0 radical (unpaired) electrons. The first-order valence-corrected chi connectivity index (χ1v) is 11.8. The summed E-state index contributed by atoms with van der Waals surface area (Å²) >= 11 is 0. The SMILES string of the molecule is CC1=Nc2ccc(-c3ccn4nc(N[C@@H]5CCN(C)CC5(F)F)nc(N)c34)nc2C(CCCF)C1. The molecule has 0 saturated carbocycles. The van der Waals surface area contributed by atoms with E-state index in [0.717, 1.165) is 29.1 Å². The number of fused-ring (bicyclic) bond motifs is 2. The molecule has 186 valence electrons. The van der Waals surface area contributed by atoms with Crippen molar-refractivity contribution in [1.82, 2.24) is 24.5 Å². The number of hydrogen-bond acceptors (Lipinski definition) is 7. The Balaban J connectivity index is 1.47. The van der Waals surface area contributed by atoms with Crippen molar-refractivity contribution in [2.75, 3.05) is 37.9 Å². The lowest BCUT2D eigenvalue weighted by molar-refractivity contribution is -0.0675. The summed E-state index contributed by atoms with van der Waals surface area (Å²) in [4.78, 5) is 15.4. The van der Waals surface area contributed by atoms with Crippen molar-refractivity contribution >= 4 is 28.7 Å². The van der Waals surface area contributed by atoms with Crippen LogP contribution >= 0.6 is 0 Å².